The molecule has 0 fully saturated rings. The average Bonchev–Trinajstić information content (AvgIpc) is 3.40. The minimum atomic E-state index is -0.179. The lowest BCUT2D eigenvalue weighted by atomic mass is 9.90. The van der Waals surface area contributed by atoms with E-state index in [0.717, 1.165) is 33.1 Å². The van der Waals surface area contributed by atoms with Gasteiger partial charge in [-0.2, -0.15) is 0 Å². The first-order valence-corrected chi connectivity index (χ1v) is 13.6. The average molecular weight is 512 g/mol. The number of benzene rings is 7. The lowest BCUT2D eigenvalue weighted by Crippen LogP contribution is -1.98. The lowest BCUT2D eigenvalue weighted by Gasteiger charge is -2.15. The van der Waals surface area contributed by atoms with E-state index >= 15 is 0 Å². The van der Waals surface area contributed by atoms with Crippen molar-refractivity contribution in [1.29, 1.82) is 0 Å². The van der Waals surface area contributed by atoms with Crippen molar-refractivity contribution in [3.05, 3.63) is 145 Å². The van der Waals surface area contributed by atoms with Crippen LogP contribution in [0.1, 0.15) is 17.2 Å². The standard InChI is InChI=1S/C38H25NO/c1-39-38(25-11-3-2-4-12-25)31-16-9-17-36-37(31)34-22-26(19-21-35(34)40-36)32-23-33-27-13-6-5-10-24(27)18-20-30(33)28-14-7-8-15-29(28)32/h2-23,38H,1H2. The molecule has 1 aromatic heterocycles. The van der Waals surface area contributed by atoms with Gasteiger partial charge in [-0.3, -0.25) is 4.99 Å². The molecule has 0 bridgehead atoms. The summed E-state index contributed by atoms with van der Waals surface area (Å²) < 4.78 is 6.37. The number of hydrogen-bond donors (Lipinski definition) is 0. The highest BCUT2D eigenvalue weighted by molar-refractivity contribution is 6.21. The predicted octanol–water partition coefficient (Wildman–Crippen LogP) is 10.5. The van der Waals surface area contributed by atoms with Gasteiger partial charge < -0.3 is 4.42 Å². The van der Waals surface area contributed by atoms with Gasteiger partial charge in [-0.25, -0.2) is 0 Å². The zero-order chi connectivity index (χ0) is 26.6. The van der Waals surface area contributed by atoms with Crippen molar-refractivity contribution < 1.29 is 4.42 Å². The molecule has 8 aromatic rings. The summed E-state index contributed by atoms with van der Waals surface area (Å²) in [7, 11) is 0. The lowest BCUT2D eigenvalue weighted by molar-refractivity contribution is 0.668. The van der Waals surface area contributed by atoms with Crippen LogP contribution in [0.5, 0.6) is 0 Å². The molecule has 1 atom stereocenters. The van der Waals surface area contributed by atoms with Gasteiger partial charge >= 0.3 is 0 Å². The van der Waals surface area contributed by atoms with E-state index in [1.54, 1.807) is 0 Å². The summed E-state index contributed by atoms with van der Waals surface area (Å²) in [5.74, 6) is 0. The summed E-state index contributed by atoms with van der Waals surface area (Å²) in [6.45, 7) is 3.96. The van der Waals surface area contributed by atoms with E-state index in [0.29, 0.717) is 0 Å². The van der Waals surface area contributed by atoms with Crippen molar-refractivity contribution in [1.82, 2.24) is 0 Å². The molecule has 0 saturated carbocycles. The second kappa shape index (κ2) is 8.93. The molecule has 0 spiro atoms. The van der Waals surface area contributed by atoms with Crippen LogP contribution in [0.25, 0.3) is 65.4 Å². The molecular weight excluding hydrogens is 486 g/mol. The summed E-state index contributed by atoms with van der Waals surface area (Å²) in [5, 5.41) is 9.76. The maximum absolute atomic E-state index is 6.37. The Labute approximate surface area is 231 Å². The van der Waals surface area contributed by atoms with Crippen molar-refractivity contribution in [2.75, 3.05) is 0 Å². The molecule has 0 N–H and O–H groups in total. The fraction of sp³-hybridized carbons (Fsp3) is 0.0263. The Bertz CT molecular complexity index is 2240. The molecule has 2 heteroatoms. The Hall–Kier alpha value is -5.21. The number of nitrogens with zero attached hydrogens (tertiary/aromatic N) is 1. The summed E-state index contributed by atoms with van der Waals surface area (Å²) >= 11 is 0. The van der Waals surface area contributed by atoms with E-state index < -0.39 is 0 Å². The van der Waals surface area contributed by atoms with Gasteiger partial charge in [-0.05, 0) is 85.6 Å². The number of hydrogen-bond acceptors (Lipinski definition) is 2. The van der Waals surface area contributed by atoms with Gasteiger partial charge in [0.2, 0.25) is 0 Å². The predicted molar refractivity (Wildman–Crippen MR) is 170 cm³/mol. The molecule has 7 aromatic carbocycles. The normalized spacial score (nSPS) is 12.5. The van der Waals surface area contributed by atoms with Crippen LogP contribution in [-0.4, -0.2) is 6.72 Å². The van der Waals surface area contributed by atoms with Gasteiger partial charge in [0.1, 0.15) is 11.2 Å². The molecule has 0 aliphatic carbocycles. The fourth-order valence-electron chi connectivity index (χ4n) is 6.37. The maximum atomic E-state index is 6.37. The Morgan fingerprint density at radius 2 is 1.27 bits per heavy atom. The molecule has 0 aliphatic heterocycles. The third kappa shape index (κ3) is 3.40. The van der Waals surface area contributed by atoms with Crippen molar-refractivity contribution in [3.63, 3.8) is 0 Å². The second-order valence-corrected chi connectivity index (χ2v) is 10.4. The largest absolute Gasteiger partial charge is 0.456 e. The van der Waals surface area contributed by atoms with Gasteiger partial charge in [-0.15, -0.1) is 0 Å². The van der Waals surface area contributed by atoms with Crippen LogP contribution in [-0.2, 0) is 0 Å². The van der Waals surface area contributed by atoms with Gasteiger partial charge in [0.25, 0.3) is 0 Å². The molecular formula is C38H25NO. The number of fused-ring (bicyclic) bond motifs is 8. The Balaban J connectivity index is 1.43. The molecule has 0 amide bonds. The first kappa shape index (κ1) is 22.7. The topological polar surface area (TPSA) is 25.5 Å². The molecule has 0 saturated heterocycles. The number of rotatable bonds is 4. The molecule has 0 radical (unpaired) electrons. The smallest absolute Gasteiger partial charge is 0.135 e. The summed E-state index contributed by atoms with van der Waals surface area (Å²) in [4.78, 5) is 4.56. The molecule has 2 nitrogen and oxygen atoms in total. The maximum Gasteiger partial charge on any atom is 0.135 e. The second-order valence-electron chi connectivity index (χ2n) is 10.4. The highest BCUT2D eigenvalue weighted by Gasteiger charge is 2.20. The van der Waals surface area contributed by atoms with E-state index in [2.05, 4.69) is 115 Å². The van der Waals surface area contributed by atoms with Gasteiger partial charge in [-0.1, -0.05) is 109 Å². The number of furan rings is 1. The molecule has 188 valence electrons. The molecule has 1 unspecified atom stereocenters. The van der Waals surface area contributed by atoms with E-state index in [4.69, 9.17) is 4.42 Å². The first-order chi connectivity index (χ1) is 19.8. The van der Waals surface area contributed by atoms with Crippen LogP contribution >= 0.6 is 0 Å². The van der Waals surface area contributed by atoms with Crippen molar-refractivity contribution in [2.24, 2.45) is 4.99 Å². The van der Waals surface area contributed by atoms with Crippen molar-refractivity contribution >= 4 is 61.0 Å². The van der Waals surface area contributed by atoms with E-state index in [9.17, 15) is 0 Å². The summed E-state index contributed by atoms with van der Waals surface area (Å²) in [6.07, 6.45) is 0. The Kier molecular flexibility index (Phi) is 5.08. The van der Waals surface area contributed by atoms with Crippen LogP contribution in [0.3, 0.4) is 0 Å². The zero-order valence-electron chi connectivity index (χ0n) is 21.8. The molecule has 1 heterocycles. The van der Waals surface area contributed by atoms with Crippen LogP contribution in [0.15, 0.2) is 143 Å². The van der Waals surface area contributed by atoms with Crippen molar-refractivity contribution in [2.45, 2.75) is 6.04 Å². The molecule has 40 heavy (non-hydrogen) atoms. The van der Waals surface area contributed by atoms with Crippen molar-refractivity contribution in [3.8, 4) is 11.1 Å². The minimum Gasteiger partial charge on any atom is -0.456 e. The SMILES string of the molecule is C=NC(c1ccccc1)c1cccc2oc3ccc(-c4cc5c6ccccc6ccc5c5ccccc45)cc3c12. The third-order valence-corrected chi connectivity index (χ3v) is 8.20. The summed E-state index contributed by atoms with van der Waals surface area (Å²) in [6, 6.07) is 47.2. The Morgan fingerprint density at radius 3 is 2.12 bits per heavy atom. The zero-order valence-corrected chi connectivity index (χ0v) is 21.8. The minimum absolute atomic E-state index is 0.179. The van der Waals surface area contributed by atoms with E-state index in [1.807, 2.05) is 30.3 Å². The van der Waals surface area contributed by atoms with Gasteiger partial charge in [0.05, 0.1) is 6.04 Å². The van der Waals surface area contributed by atoms with Gasteiger partial charge in [0, 0.05) is 10.8 Å². The molecule has 0 aliphatic rings. The van der Waals surface area contributed by atoms with Crippen LogP contribution in [0.2, 0.25) is 0 Å². The number of aliphatic imine (C=N–C) groups is 1. The Morgan fingerprint density at radius 1 is 0.525 bits per heavy atom. The third-order valence-electron chi connectivity index (χ3n) is 8.20. The highest BCUT2D eigenvalue weighted by Crippen LogP contribution is 2.42. The highest BCUT2D eigenvalue weighted by atomic mass is 16.3. The van der Waals surface area contributed by atoms with E-state index in [-0.39, 0.29) is 6.04 Å². The fourth-order valence-corrected chi connectivity index (χ4v) is 6.37. The molecule has 8 rings (SSSR count). The van der Waals surface area contributed by atoms with Gasteiger partial charge in [0.15, 0.2) is 0 Å². The van der Waals surface area contributed by atoms with E-state index in [1.165, 1.54) is 43.4 Å². The quantitative estimate of drug-likeness (QED) is 0.170. The van der Waals surface area contributed by atoms with Crippen LogP contribution in [0.4, 0.5) is 0 Å². The first-order valence-electron chi connectivity index (χ1n) is 13.6. The monoisotopic (exact) mass is 511 g/mol. The van der Waals surface area contributed by atoms with Crippen LogP contribution in [0, 0.1) is 0 Å². The van der Waals surface area contributed by atoms with Crippen LogP contribution < -0.4 is 0 Å². The summed E-state index contributed by atoms with van der Waals surface area (Å²) in [5.41, 5.74) is 6.33.